The Morgan fingerprint density at radius 2 is 1.90 bits per heavy atom. The van der Waals surface area contributed by atoms with Crippen molar-refractivity contribution >= 4 is 35.9 Å². The Hall–Kier alpha value is -2.78. The number of rotatable bonds is 9. The second-order valence-electron chi connectivity index (χ2n) is 7.28. The highest BCUT2D eigenvalue weighted by Crippen LogP contribution is 2.48. The predicted molar refractivity (Wildman–Crippen MR) is 124 cm³/mol. The number of carbonyl (C=O) groups excluding carboxylic acids is 1. The standard InChI is InChI=1S/C22H24N6OS.ClH/c1-28(11-5-10-23)21-16(12-24)18(14-8-9-14)17(13-25)22(27-21)30-19(20(26)29)15-6-3-2-4-7-15;/h2-4,6-7,14,19H,5,8-11,23H2,1H3,(H2,26,29);1H. The van der Waals surface area contributed by atoms with Gasteiger partial charge in [0.1, 0.15) is 28.2 Å². The number of primary amides is 1. The van der Waals surface area contributed by atoms with Crippen LogP contribution in [-0.2, 0) is 4.79 Å². The molecule has 1 amide bonds. The highest BCUT2D eigenvalue weighted by Gasteiger charge is 2.34. The van der Waals surface area contributed by atoms with Gasteiger partial charge in [-0.25, -0.2) is 4.98 Å². The third-order valence-corrected chi connectivity index (χ3v) is 6.30. The third kappa shape index (κ3) is 5.48. The van der Waals surface area contributed by atoms with Crippen molar-refractivity contribution in [1.29, 1.82) is 10.5 Å². The first-order valence-electron chi connectivity index (χ1n) is 9.82. The van der Waals surface area contributed by atoms with E-state index in [2.05, 4.69) is 17.1 Å². The van der Waals surface area contributed by atoms with E-state index in [4.69, 9.17) is 11.5 Å². The number of carbonyl (C=O) groups is 1. The first kappa shape index (κ1) is 24.5. The molecule has 1 aromatic carbocycles. The number of benzene rings is 1. The van der Waals surface area contributed by atoms with Crippen LogP contribution in [0.4, 0.5) is 5.82 Å². The Balaban J connectivity index is 0.00000341. The van der Waals surface area contributed by atoms with E-state index in [1.807, 2.05) is 42.3 Å². The van der Waals surface area contributed by atoms with E-state index in [1.165, 1.54) is 11.8 Å². The number of amides is 1. The lowest BCUT2D eigenvalue weighted by atomic mass is 10.00. The molecule has 0 spiro atoms. The van der Waals surface area contributed by atoms with Crippen molar-refractivity contribution in [3.05, 3.63) is 52.6 Å². The van der Waals surface area contributed by atoms with E-state index in [0.29, 0.717) is 35.1 Å². The summed E-state index contributed by atoms with van der Waals surface area (Å²) in [6.45, 7) is 1.16. The lowest BCUT2D eigenvalue weighted by Gasteiger charge is -2.23. The van der Waals surface area contributed by atoms with Gasteiger partial charge < -0.3 is 16.4 Å². The molecule has 0 aliphatic heterocycles. The molecule has 1 unspecified atom stereocenters. The van der Waals surface area contributed by atoms with Crippen LogP contribution in [0.5, 0.6) is 0 Å². The smallest absolute Gasteiger partial charge is 0.235 e. The summed E-state index contributed by atoms with van der Waals surface area (Å²) in [6, 6.07) is 13.7. The van der Waals surface area contributed by atoms with Gasteiger partial charge in [0.05, 0.1) is 11.1 Å². The number of hydrogen-bond donors (Lipinski definition) is 2. The van der Waals surface area contributed by atoms with Crippen molar-refractivity contribution in [2.45, 2.75) is 35.5 Å². The molecule has 0 saturated heterocycles. The Bertz CT molecular complexity index is 1010. The molecule has 1 aliphatic rings. The summed E-state index contributed by atoms with van der Waals surface area (Å²) in [4.78, 5) is 18.8. The number of anilines is 1. The van der Waals surface area contributed by atoms with E-state index in [1.54, 1.807) is 0 Å². The summed E-state index contributed by atoms with van der Waals surface area (Å²) < 4.78 is 0. The van der Waals surface area contributed by atoms with Crippen LogP contribution in [-0.4, -0.2) is 31.0 Å². The molecule has 9 heteroatoms. The first-order chi connectivity index (χ1) is 14.5. The van der Waals surface area contributed by atoms with E-state index in [9.17, 15) is 15.3 Å². The first-order valence-corrected chi connectivity index (χ1v) is 10.7. The average Bonchev–Trinajstić information content (AvgIpc) is 3.60. The number of hydrogen-bond acceptors (Lipinski definition) is 7. The summed E-state index contributed by atoms with van der Waals surface area (Å²) in [5.41, 5.74) is 13.6. The SMILES string of the molecule is CN(CCCN)c1nc(SC(C(N)=O)c2ccccc2)c(C#N)c(C2CC2)c1C#N.Cl. The van der Waals surface area contributed by atoms with Crippen LogP contribution in [0.25, 0.3) is 0 Å². The number of nitriles is 2. The van der Waals surface area contributed by atoms with Crippen LogP contribution in [0.2, 0.25) is 0 Å². The van der Waals surface area contributed by atoms with Gasteiger partial charge in [0.2, 0.25) is 5.91 Å². The maximum absolute atomic E-state index is 12.2. The molecule has 2 aromatic rings. The van der Waals surface area contributed by atoms with Crippen LogP contribution in [0.3, 0.4) is 0 Å². The Kier molecular flexibility index (Phi) is 8.70. The summed E-state index contributed by atoms with van der Waals surface area (Å²) in [6.07, 6.45) is 2.61. The van der Waals surface area contributed by atoms with Gasteiger partial charge in [-0.3, -0.25) is 4.79 Å². The molecule has 162 valence electrons. The quantitative estimate of drug-likeness (QED) is 0.553. The van der Waals surface area contributed by atoms with Gasteiger partial charge in [-0.1, -0.05) is 42.1 Å². The van der Waals surface area contributed by atoms with Gasteiger partial charge in [0, 0.05) is 13.6 Å². The van der Waals surface area contributed by atoms with Crippen molar-refractivity contribution < 1.29 is 4.79 Å². The minimum atomic E-state index is -0.687. The minimum Gasteiger partial charge on any atom is -0.368 e. The monoisotopic (exact) mass is 456 g/mol. The van der Waals surface area contributed by atoms with Gasteiger partial charge >= 0.3 is 0 Å². The van der Waals surface area contributed by atoms with Crippen molar-refractivity contribution in [2.75, 3.05) is 25.0 Å². The molecule has 1 aliphatic carbocycles. The molecular weight excluding hydrogens is 432 g/mol. The van der Waals surface area contributed by atoms with Crippen LogP contribution >= 0.6 is 24.2 Å². The maximum Gasteiger partial charge on any atom is 0.235 e. The lowest BCUT2D eigenvalue weighted by Crippen LogP contribution is -2.24. The molecule has 1 saturated carbocycles. The van der Waals surface area contributed by atoms with Gasteiger partial charge in [0.15, 0.2) is 0 Å². The summed E-state index contributed by atoms with van der Waals surface area (Å²) >= 11 is 1.17. The fraction of sp³-hybridized carbons (Fsp3) is 0.364. The normalized spacial score (nSPS) is 13.4. The topological polar surface area (TPSA) is 133 Å². The molecule has 1 heterocycles. The second kappa shape index (κ2) is 11.0. The second-order valence-corrected chi connectivity index (χ2v) is 8.37. The van der Waals surface area contributed by atoms with Crippen molar-refractivity contribution in [1.82, 2.24) is 4.98 Å². The zero-order chi connectivity index (χ0) is 21.7. The molecule has 1 aromatic heterocycles. The minimum absolute atomic E-state index is 0. The van der Waals surface area contributed by atoms with Crippen molar-refractivity contribution in [2.24, 2.45) is 11.5 Å². The van der Waals surface area contributed by atoms with E-state index in [-0.39, 0.29) is 18.3 Å². The Morgan fingerprint density at radius 3 is 2.42 bits per heavy atom. The number of aromatic nitrogens is 1. The zero-order valence-corrected chi connectivity index (χ0v) is 18.9. The molecule has 1 fully saturated rings. The fourth-order valence-electron chi connectivity index (χ4n) is 3.39. The molecule has 31 heavy (non-hydrogen) atoms. The molecular formula is C22H25ClN6OS. The average molecular weight is 457 g/mol. The fourth-order valence-corrected chi connectivity index (χ4v) is 4.44. The van der Waals surface area contributed by atoms with Crippen molar-refractivity contribution in [3.63, 3.8) is 0 Å². The van der Waals surface area contributed by atoms with E-state index in [0.717, 1.165) is 30.4 Å². The van der Waals surface area contributed by atoms with E-state index >= 15 is 0 Å². The largest absolute Gasteiger partial charge is 0.368 e. The van der Waals surface area contributed by atoms with Gasteiger partial charge in [-0.2, -0.15) is 10.5 Å². The van der Waals surface area contributed by atoms with Crippen LogP contribution in [0.15, 0.2) is 35.4 Å². The molecule has 0 radical (unpaired) electrons. The number of thioether (sulfide) groups is 1. The summed E-state index contributed by atoms with van der Waals surface area (Å²) in [5, 5.41) is 19.6. The number of nitrogens with zero attached hydrogens (tertiary/aromatic N) is 4. The maximum atomic E-state index is 12.2. The number of pyridine rings is 1. The predicted octanol–water partition coefficient (Wildman–Crippen LogP) is 3.23. The summed E-state index contributed by atoms with van der Waals surface area (Å²) in [5.74, 6) is 0.181. The van der Waals surface area contributed by atoms with Crippen LogP contribution in [0, 0.1) is 22.7 Å². The van der Waals surface area contributed by atoms with Gasteiger partial charge in [-0.05, 0) is 42.9 Å². The van der Waals surface area contributed by atoms with Gasteiger partial charge in [-0.15, -0.1) is 12.4 Å². The molecule has 1 atom stereocenters. The molecule has 4 N–H and O–H groups in total. The number of nitrogens with two attached hydrogens (primary N) is 2. The molecule has 0 bridgehead atoms. The molecule has 7 nitrogen and oxygen atoms in total. The van der Waals surface area contributed by atoms with Crippen LogP contribution < -0.4 is 16.4 Å². The van der Waals surface area contributed by atoms with Gasteiger partial charge in [0.25, 0.3) is 0 Å². The Labute approximate surface area is 192 Å². The number of halogens is 1. The lowest BCUT2D eigenvalue weighted by molar-refractivity contribution is -0.117. The highest BCUT2D eigenvalue weighted by atomic mass is 35.5. The van der Waals surface area contributed by atoms with Crippen molar-refractivity contribution in [3.8, 4) is 12.1 Å². The third-order valence-electron chi connectivity index (χ3n) is 5.04. The highest BCUT2D eigenvalue weighted by molar-refractivity contribution is 8.00. The van der Waals surface area contributed by atoms with Crippen LogP contribution in [0.1, 0.15) is 52.7 Å². The zero-order valence-electron chi connectivity index (χ0n) is 17.2. The summed E-state index contributed by atoms with van der Waals surface area (Å²) in [7, 11) is 1.86. The Morgan fingerprint density at radius 1 is 1.26 bits per heavy atom. The van der Waals surface area contributed by atoms with E-state index < -0.39 is 11.2 Å². The molecule has 3 rings (SSSR count).